The van der Waals surface area contributed by atoms with Gasteiger partial charge in [-0.15, -0.1) is 11.3 Å². The summed E-state index contributed by atoms with van der Waals surface area (Å²) in [5.74, 6) is -0.100. The van der Waals surface area contributed by atoms with Gasteiger partial charge in [0.05, 0.1) is 22.3 Å². The number of aromatic nitrogens is 1. The largest absolute Gasteiger partial charge is 0.392 e. The standard InChI is InChI=1S/C16H14N2O2S/c19-9-12-3-1-11(2-4-12)8-17-16(20)13-5-6-14-15(7-13)21-10-18-14/h1-7,10,19H,8-9H2,(H,17,20). The lowest BCUT2D eigenvalue weighted by molar-refractivity contribution is 0.0951. The number of thiazole rings is 1. The number of rotatable bonds is 4. The van der Waals surface area contributed by atoms with Crippen molar-refractivity contribution in [3.63, 3.8) is 0 Å². The molecule has 5 heteroatoms. The molecule has 0 saturated carbocycles. The lowest BCUT2D eigenvalue weighted by Crippen LogP contribution is -2.22. The monoisotopic (exact) mass is 298 g/mol. The summed E-state index contributed by atoms with van der Waals surface area (Å²) in [4.78, 5) is 16.3. The number of carbonyl (C=O) groups excluding carboxylic acids is 1. The first kappa shape index (κ1) is 13.7. The number of nitrogens with one attached hydrogen (secondary N) is 1. The fourth-order valence-corrected chi connectivity index (χ4v) is 2.76. The van der Waals surface area contributed by atoms with Crippen LogP contribution in [-0.2, 0) is 13.2 Å². The van der Waals surface area contributed by atoms with Gasteiger partial charge in [0, 0.05) is 12.1 Å². The number of fused-ring (bicyclic) bond motifs is 1. The number of benzene rings is 2. The number of hydrogen-bond donors (Lipinski definition) is 2. The molecule has 4 nitrogen and oxygen atoms in total. The highest BCUT2D eigenvalue weighted by Gasteiger charge is 2.07. The van der Waals surface area contributed by atoms with E-state index in [1.54, 1.807) is 11.6 Å². The molecule has 1 amide bonds. The molecule has 2 N–H and O–H groups in total. The van der Waals surface area contributed by atoms with Crippen molar-refractivity contribution in [2.45, 2.75) is 13.2 Å². The molecule has 0 atom stereocenters. The molecule has 0 unspecified atom stereocenters. The van der Waals surface area contributed by atoms with E-state index in [1.165, 1.54) is 11.3 Å². The Balaban J connectivity index is 1.67. The van der Waals surface area contributed by atoms with E-state index >= 15 is 0 Å². The maximum Gasteiger partial charge on any atom is 0.251 e. The average Bonchev–Trinajstić information content (AvgIpc) is 3.00. The van der Waals surface area contributed by atoms with E-state index in [0.717, 1.165) is 21.3 Å². The SMILES string of the molecule is O=C(NCc1ccc(CO)cc1)c1ccc2ncsc2c1. The van der Waals surface area contributed by atoms with Gasteiger partial charge in [0.25, 0.3) is 5.91 Å². The lowest BCUT2D eigenvalue weighted by atomic mass is 10.1. The van der Waals surface area contributed by atoms with Crippen LogP contribution in [0.1, 0.15) is 21.5 Å². The predicted octanol–water partition coefficient (Wildman–Crippen LogP) is 2.72. The first-order valence-electron chi connectivity index (χ1n) is 6.56. The zero-order valence-electron chi connectivity index (χ0n) is 11.2. The van der Waals surface area contributed by atoms with Crippen LogP contribution in [0.25, 0.3) is 10.2 Å². The van der Waals surface area contributed by atoms with Crippen LogP contribution in [0.2, 0.25) is 0 Å². The van der Waals surface area contributed by atoms with Gasteiger partial charge < -0.3 is 10.4 Å². The van der Waals surface area contributed by atoms with Crippen molar-refractivity contribution in [3.05, 3.63) is 64.7 Å². The van der Waals surface area contributed by atoms with Crippen molar-refractivity contribution in [2.24, 2.45) is 0 Å². The minimum absolute atomic E-state index is 0.0293. The third-order valence-corrected chi connectivity index (χ3v) is 4.04. The van der Waals surface area contributed by atoms with E-state index in [2.05, 4.69) is 10.3 Å². The number of aliphatic hydroxyl groups excluding tert-OH is 1. The second-order valence-corrected chi connectivity index (χ2v) is 5.58. The van der Waals surface area contributed by atoms with Crippen LogP contribution in [0, 0.1) is 0 Å². The van der Waals surface area contributed by atoms with E-state index in [9.17, 15) is 4.79 Å². The fraction of sp³-hybridized carbons (Fsp3) is 0.125. The Morgan fingerprint density at radius 2 is 1.90 bits per heavy atom. The van der Waals surface area contributed by atoms with Gasteiger partial charge >= 0.3 is 0 Å². The van der Waals surface area contributed by atoms with E-state index < -0.39 is 0 Å². The first-order valence-corrected chi connectivity index (χ1v) is 7.44. The minimum atomic E-state index is -0.100. The molecule has 21 heavy (non-hydrogen) atoms. The first-order chi connectivity index (χ1) is 10.3. The predicted molar refractivity (Wildman–Crippen MR) is 83.2 cm³/mol. The second-order valence-electron chi connectivity index (χ2n) is 4.69. The highest BCUT2D eigenvalue weighted by molar-refractivity contribution is 7.16. The lowest BCUT2D eigenvalue weighted by Gasteiger charge is -2.06. The summed E-state index contributed by atoms with van der Waals surface area (Å²) in [6.45, 7) is 0.493. The van der Waals surface area contributed by atoms with Crippen molar-refractivity contribution >= 4 is 27.5 Å². The van der Waals surface area contributed by atoms with Crippen molar-refractivity contribution in [1.29, 1.82) is 0 Å². The maximum absolute atomic E-state index is 12.1. The molecule has 2 aromatic carbocycles. The summed E-state index contributed by atoms with van der Waals surface area (Å²) in [6.07, 6.45) is 0. The smallest absolute Gasteiger partial charge is 0.251 e. The van der Waals surface area contributed by atoms with Crippen LogP contribution in [0.4, 0.5) is 0 Å². The Morgan fingerprint density at radius 1 is 1.14 bits per heavy atom. The molecule has 3 rings (SSSR count). The maximum atomic E-state index is 12.1. The molecule has 1 heterocycles. The fourth-order valence-electron chi connectivity index (χ4n) is 2.04. The van der Waals surface area contributed by atoms with Gasteiger partial charge in [-0.2, -0.15) is 0 Å². The van der Waals surface area contributed by atoms with Crippen LogP contribution in [0.3, 0.4) is 0 Å². The summed E-state index contributed by atoms with van der Waals surface area (Å²) in [7, 11) is 0. The Morgan fingerprint density at radius 3 is 2.67 bits per heavy atom. The van der Waals surface area contributed by atoms with Gasteiger partial charge in [0.2, 0.25) is 0 Å². The van der Waals surface area contributed by atoms with Crippen molar-refractivity contribution < 1.29 is 9.90 Å². The van der Waals surface area contributed by atoms with Crippen molar-refractivity contribution in [3.8, 4) is 0 Å². The second kappa shape index (κ2) is 6.03. The summed E-state index contributed by atoms with van der Waals surface area (Å²) in [6, 6.07) is 13.0. The summed E-state index contributed by atoms with van der Waals surface area (Å²) in [5.41, 5.74) is 5.18. The molecule has 0 saturated heterocycles. The van der Waals surface area contributed by atoms with Gasteiger partial charge in [0.1, 0.15) is 0 Å². The molecule has 0 aliphatic carbocycles. The number of hydrogen-bond acceptors (Lipinski definition) is 4. The zero-order valence-corrected chi connectivity index (χ0v) is 12.1. The Kier molecular flexibility index (Phi) is 3.94. The van der Waals surface area contributed by atoms with Gasteiger partial charge in [-0.05, 0) is 29.3 Å². The van der Waals surface area contributed by atoms with Crippen molar-refractivity contribution in [1.82, 2.24) is 10.3 Å². The van der Waals surface area contributed by atoms with Crippen LogP contribution < -0.4 is 5.32 Å². The molecular formula is C16H14N2O2S. The van der Waals surface area contributed by atoms with E-state index in [-0.39, 0.29) is 12.5 Å². The number of aliphatic hydroxyl groups is 1. The normalized spacial score (nSPS) is 10.7. The van der Waals surface area contributed by atoms with Crippen LogP contribution in [0.5, 0.6) is 0 Å². The molecule has 0 bridgehead atoms. The quantitative estimate of drug-likeness (QED) is 0.778. The molecule has 0 radical (unpaired) electrons. The minimum Gasteiger partial charge on any atom is -0.392 e. The van der Waals surface area contributed by atoms with Gasteiger partial charge in [0.15, 0.2) is 0 Å². The van der Waals surface area contributed by atoms with Crippen LogP contribution in [0.15, 0.2) is 48.0 Å². The van der Waals surface area contributed by atoms with E-state index in [4.69, 9.17) is 5.11 Å². The Hall–Kier alpha value is -2.24. The highest BCUT2D eigenvalue weighted by atomic mass is 32.1. The molecule has 0 spiro atoms. The number of nitrogens with zero attached hydrogens (tertiary/aromatic N) is 1. The third kappa shape index (κ3) is 3.09. The molecule has 3 aromatic rings. The summed E-state index contributed by atoms with van der Waals surface area (Å²) >= 11 is 1.52. The molecule has 1 aromatic heterocycles. The Bertz CT molecular complexity index is 765. The topological polar surface area (TPSA) is 62.2 Å². The molecular weight excluding hydrogens is 284 g/mol. The highest BCUT2D eigenvalue weighted by Crippen LogP contribution is 2.19. The summed E-state index contributed by atoms with van der Waals surface area (Å²) < 4.78 is 1.01. The Labute approximate surface area is 126 Å². The van der Waals surface area contributed by atoms with Crippen molar-refractivity contribution in [2.75, 3.05) is 0 Å². The van der Waals surface area contributed by atoms with E-state index in [1.807, 2.05) is 36.4 Å². The molecule has 0 aliphatic heterocycles. The van der Waals surface area contributed by atoms with Crippen LogP contribution >= 0.6 is 11.3 Å². The van der Waals surface area contributed by atoms with Gasteiger partial charge in [-0.25, -0.2) is 4.98 Å². The molecule has 0 fully saturated rings. The van der Waals surface area contributed by atoms with Gasteiger partial charge in [-0.1, -0.05) is 24.3 Å². The third-order valence-electron chi connectivity index (χ3n) is 3.25. The van der Waals surface area contributed by atoms with Gasteiger partial charge in [-0.3, -0.25) is 4.79 Å². The molecule has 106 valence electrons. The molecule has 0 aliphatic rings. The average molecular weight is 298 g/mol. The number of amides is 1. The van der Waals surface area contributed by atoms with Crippen LogP contribution in [-0.4, -0.2) is 16.0 Å². The summed E-state index contributed by atoms with van der Waals surface area (Å²) in [5, 5.41) is 11.9. The number of carbonyl (C=O) groups is 1. The zero-order chi connectivity index (χ0) is 14.7. The van der Waals surface area contributed by atoms with E-state index in [0.29, 0.717) is 12.1 Å².